The summed E-state index contributed by atoms with van der Waals surface area (Å²) in [7, 11) is 1.85. The van der Waals surface area contributed by atoms with Crippen LogP contribution in [0.2, 0.25) is 0 Å². The molecule has 0 saturated carbocycles. The number of carbonyl (C=O) groups excluding carboxylic acids is 1. The number of piperidine rings is 1. The minimum atomic E-state index is -0.144. The molecule has 7 nitrogen and oxygen atoms in total. The molecule has 0 aromatic carbocycles. The van der Waals surface area contributed by atoms with Crippen LogP contribution in [-0.2, 0) is 23.1 Å². The van der Waals surface area contributed by atoms with Crippen molar-refractivity contribution < 1.29 is 14.3 Å². The minimum absolute atomic E-state index is 0.0585. The van der Waals surface area contributed by atoms with Crippen molar-refractivity contribution in [1.29, 1.82) is 0 Å². The van der Waals surface area contributed by atoms with E-state index in [4.69, 9.17) is 9.47 Å². The first kappa shape index (κ1) is 19.1. The summed E-state index contributed by atoms with van der Waals surface area (Å²) in [6, 6.07) is 3.93. The SMILES string of the molecule is Cc1nn(C)cc1C(=O)N1CC[C@H]2OCCC[C@@]2(COCc2ccncc2)C1. The lowest BCUT2D eigenvalue weighted by molar-refractivity contribution is -0.148. The summed E-state index contributed by atoms with van der Waals surface area (Å²) < 4.78 is 13.9. The van der Waals surface area contributed by atoms with Crippen molar-refractivity contribution in [3.63, 3.8) is 0 Å². The molecule has 0 N–H and O–H groups in total. The molecule has 7 heteroatoms. The van der Waals surface area contributed by atoms with E-state index in [0.29, 0.717) is 31.9 Å². The number of fused-ring (bicyclic) bond motifs is 1. The highest BCUT2D eigenvalue weighted by atomic mass is 16.5. The Bertz CT molecular complexity index is 822. The van der Waals surface area contributed by atoms with E-state index < -0.39 is 0 Å². The van der Waals surface area contributed by atoms with E-state index in [1.807, 2.05) is 37.2 Å². The summed E-state index contributed by atoms with van der Waals surface area (Å²) in [6.07, 6.45) is 8.39. The Kier molecular flexibility index (Phi) is 5.46. The lowest BCUT2D eigenvalue weighted by Gasteiger charge is -2.50. The number of nitrogens with zero attached hydrogens (tertiary/aromatic N) is 4. The summed E-state index contributed by atoms with van der Waals surface area (Å²) >= 11 is 0. The van der Waals surface area contributed by atoms with Crippen LogP contribution < -0.4 is 0 Å². The zero-order valence-electron chi connectivity index (χ0n) is 16.6. The van der Waals surface area contributed by atoms with Crippen LogP contribution in [0.15, 0.2) is 30.7 Å². The van der Waals surface area contributed by atoms with Gasteiger partial charge in [0, 0.05) is 50.7 Å². The van der Waals surface area contributed by atoms with Gasteiger partial charge in [-0.15, -0.1) is 0 Å². The number of carbonyl (C=O) groups is 1. The lowest BCUT2D eigenvalue weighted by Crippen LogP contribution is -2.58. The first-order valence-electron chi connectivity index (χ1n) is 9.95. The van der Waals surface area contributed by atoms with Crippen LogP contribution in [0.4, 0.5) is 0 Å². The molecule has 0 spiro atoms. The third kappa shape index (κ3) is 3.82. The van der Waals surface area contributed by atoms with E-state index in [1.165, 1.54) is 0 Å². The van der Waals surface area contributed by atoms with Crippen LogP contribution in [0.25, 0.3) is 0 Å². The Morgan fingerprint density at radius 1 is 1.39 bits per heavy atom. The molecule has 0 bridgehead atoms. The molecule has 2 aromatic heterocycles. The smallest absolute Gasteiger partial charge is 0.257 e. The number of pyridine rings is 1. The van der Waals surface area contributed by atoms with Gasteiger partial charge in [0.25, 0.3) is 5.91 Å². The van der Waals surface area contributed by atoms with Crippen molar-refractivity contribution in [2.75, 3.05) is 26.3 Å². The normalized spacial score (nSPS) is 24.8. The summed E-state index contributed by atoms with van der Waals surface area (Å²) in [5, 5.41) is 4.32. The van der Waals surface area contributed by atoms with E-state index in [1.54, 1.807) is 17.1 Å². The first-order valence-corrected chi connectivity index (χ1v) is 9.95. The third-order valence-corrected chi connectivity index (χ3v) is 5.93. The van der Waals surface area contributed by atoms with Crippen molar-refractivity contribution in [2.45, 2.75) is 38.9 Å². The minimum Gasteiger partial charge on any atom is -0.377 e. The fourth-order valence-corrected chi connectivity index (χ4v) is 4.51. The van der Waals surface area contributed by atoms with Crippen LogP contribution in [0, 0.1) is 12.3 Å². The van der Waals surface area contributed by atoms with Crippen LogP contribution >= 0.6 is 0 Å². The Morgan fingerprint density at radius 2 is 2.21 bits per heavy atom. The summed E-state index contributed by atoms with van der Waals surface area (Å²) in [5.74, 6) is 0.0585. The van der Waals surface area contributed by atoms with E-state index in [0.717, 1.165) is 37.1 Å². The lowest BCUT2D eigenvalue weighted by atomic mass is 9.73. The third-order valence-electron chi connectivity index (χ3n) is 5.93. The fraction of sp³-hybridized carbons (Fsp3) is 0.571. The average Bonchev–Trinajstić information content (AvgIpc) is 3.05. The van der Waals surface area contributed by atoms with Gasteiger partial charge in [-0.1, -0.05) is 0 Å². The zero-order valence-corrected chi connectivity index (χ0v) is 16.6. The maximum absolute atomic E-state index is 13.1. The molecule has 2 aliphatic heterocycles. The van der Waals surface area contributed by atoms with Gasteiger partial charge in [-0.3, -0.25) is 14.5 Å². The summed E-state index contributed by atoms with van der Waals surface area (Å²) in [4.78, 5) is 19.1. The predicted molar refractivity (Wildman–Crippen MR) is 104 cm³/mol. The maximum Gasteiger partial charge on any atom is 0.257 e. The second-order valence-corrected chi connectivity index (χ2v) is 7.99. The molecule has 0 unspecified atom stereocenters. The average molecular weight is 384 g/mol. The number of amides is 1. The fourth-order valence-electron chi connectivity index (χ4n) is 4.51. The van der Waals surface area contributed by atoms with E-state index >= 15 is 0 Å². The van der Waals surface area contributed by atoms with Crippen LogP contribution in [0.1, 0.15) is 40.9 Å². The maximum atomic E-state index is 13.1. The Labute approximate surface area is 165 Å². The molecular formula is C21H28N4O3. The first-order chi connectivity index (χ1) is 13.6. The van der Waals surface area contributed by atoms with Crippen LogP contribution in [0.5, 0.6) is 0 Å². The molecule has 2 aromatic rings. The monoisotopic (exact) mass is 384 g/mol. The molecule has 0 aliphatic carbocycles. The number of ether oxygens (including phenoxy) is 2. The predicted octanol–water partition coefficient (Wildman–Crippen LogP) is 2.35. The highest BCUT2D eigenvalue weighted by molar-refractivity contribution is 5.95. The molecule has 2 saturated heterocycles. The van der Waals surface area contributed by atoms with E-state index in [-0.39, 0.29) is 17.4 Å². The number of hydrogen-bond donors (Lipinski definition) is 0. The molecule has 28 heavy (non-hydrogen) atoms. The van der Waals surface area contributed by atoms with Gasteiger partial charge < -0.3 is 14.4 Å². The van der Waals surface area contributed by atoms with Crippen molar-refractivity contribution in [1.82, 2.24) is 19.7 Å². The number of rotatable bonds is 5. The molecule has 150 valence electrons. The van der Waals surface area contributed by atoms with Gasteiger partial charge in [-0.25, -0.2) is 0 Å². The Morgan fingerprint density at radius 3 is 2.96 bits per heavy atom. The van der Waals surface area contributed by atoms with E-state index in [2.05, 4.69) is 10.1 Å². The molecule has 0 radical (unpaired) electrons. The quantitative estimate of drug-likeness (QED) is 0.791. The Balaban J connectivity index is 1.47. The standard InChI is InChI=1S/C21H28N4O3/c1-16-18(12-24(2)23-16)20(26)25-10-6-19-21(14-25,7-3-11-28-19)15-27-13-17-4-8-22-9-5-17/h4-5,8-9,12,19H,3,6-7,10-11,13-15H2,1-2H3/t19-,21+/m1/s1. The van der Waals surface area contributed by atoms with Gasteiger partial charge >= 0.3 is 0 Å². The number of aryl methyl sites for hydroxylation is 2. The molecule has 2 aliphatic rings. The van der Waals surface area contributed by atoms with Gasteiger partial charge in [-0.2, -0.15) is 5.10 Å². The highest BCUT2D eigenvalue weighted by Crippen LogP contribution is 2.41. The van der Waals surface area contributed by atoms with Gasteiger partial charge in [0.2, 0.25) is 0 Å². The van der Waals surface area contributed by atoms with Crippen molar-refractivity contribution in [2.24, 2.45) is 12.5 Å². The topological polar surface area (TPSA) is 69.5 Å². The zero-order chi connectivity index (χ0) is 19.6. The number of likely N-dealkylation sites (tertiary alicyclic amines) is 1. The van der Waals surface area contributed by atoms with E-state index in [9.17, 15) is 4.79 Å². The Hall–Kier alpha value is -2.25. The van der Waals surface area contributed by atoms with Gasteiger partial charge in [0.15, 0.2) is 0 Å². The summed E-state index contributed by atoms with van der Waals surface area (Å²) in [6.45, 7) is 5.21. The van der Waals surface area contributed by atoms with Gasteiger partial charge in [0.1, 0.15) is 0 Å². The molecule has 4 rings (SSSR count). The van der Waals surface area contributed by atoms with Crippen molar-refractivity contribution in [3.05, 3.63) is 47.5 Å². The largest absolute Gasteiger partial charge is 0.377 e. The highest BCUT2D eigenvalue weighted by Gasteiger charge is 2.47. The molecular weight excluding hydrogens is 356 g/mol. The second kappa shape index (κ2) is 8.01. The summed E-state index contributed by atoms with van der Waals surface area (Å²) in [5.41, 5.74) is 2.42. The molecule has 1 amide bonds. The number of aromatic nitrogens is 3. The van der Waals surface area contributed by atoms with Crippen molar-refractivity contribution >= 4 is 5.91 Å². The van der Waals surface area contributed by atoms with Crippen LogP contribution in [0.3, 0.4) is 0 Å². The van der Waals surface area contributed by atoms with Crippen molar-refractivity contribution in [3.8, 4) is 0 Å². The molecule has 2 atom stereocenters. The molecule has 2 fully saturated rings. The second-order valence-electron chi connectivity index (χ2n) is 7.99. The molecule has 4 heterocycles. The van der Waals surface area contributed by atoms with Gasteiger partial charge in [0.05, 0.1) is 30.6 Å². The number of hydrogen-bond acceptors (Lipinski definition) is 5. The van der Waals surface area contributed by atoms with Crippen LogP contribution in [-0.4, -0.2) is 58.0 Å². The van der Waals surface area contributed by atoms with Gasteiger partial charge in [-0.05, 0) is 43.9 Å².